The van der Waals surface area contributed by atoms with Crippen LogP contribution in [0.15, 0.2) is 29.3 Å². The van der Waals surface area contributed by atoms with Crippen molar-refractivity contribution in [1.82, 2.24) is 20.4 Å². The first-order chi connectivity index (χ1) is 13.2. The fourth-order valence-electron chi connectivity index (χ4n) is 3.78. The smallest absolute Gasteiger partial charge is 0.241 e. The summed E-state index contributed by atoms with van der Waals surface area (Å²) in [6, 6.07) is 8.77. The van der Waals surface area contributed by atoms with Gasteiger partial charge in [-0.15, -0.1) is 24.0 Å². The average molecular weight is 499 g/mol. The number of amides is 1. The van der Waals surface area contributed by atoms with Crippen LogP contribution in [-0.2, 0) is 17.9 Å². The summed E-state index contributed by atoms with van der Waals surface area (Å²) in [5.41, 5.74) is 2.58. The SMILES string of the molecule is CN=C(NCC(=O)N1CCCCC1)NCc1ccc(CN2CCCC2)cc1.I. The van der Waals surface area contributed by atoms with E-state index in [0.29, 0.717) is 19.0 Å². The number of guanidine groups is 1. The van der Waals surface area contributed by atoms with Gasteiger partial charge in [0.25, 0.3) is 0 Å². The number of piperidine rings is 1. The zero-order valence-electron chi connectivity index (χ0n) is 17.0. The van der Waals surface area contributed by atoms with Gasteiger partial charge in [0, 0.05) is 33.2 Å². The molecule has 7 heteroatoms. The minimum atomic E-state index is 0. The van der Waals surface area contributed by atoms with Gasteiger partial charge in [0.2, 0.25) is 5.91 Å². The summed E-state index contributed by atoms with van der Waals surface area (Å²) in [6.07, 6.45) is 6.12. The van der Waals surface area contributed by atoms with Crippen molar-refractivity contribution in [3.05, 3.63) is 35.4 Å². The Morgan fingerprint density at radius 3 is 2.18 bits per heavy atom. The highest BCUT2D eigenvalue weighted by Crippen LogP contribution is 2.13. The van der Waals surface area contributed by atoms with Crippen molar-refractivity contribution < 1.29 is 4.79 Å². The number of nitrogens with zero attached hydrogens (tertiary/aromatic N) is 3. The number of hydrogen-bond acceptors (Lipinski definition) is 3. The molecule has 0 aromatic heterocycles. The maximum absolute atomic E-state index is 12.2. The largest absolute Gasteiger partial charge is 0.352 e. The molecule has 0 radical (unpaired) electrons. The van der Waals surface area contributed by atoms with E-state index < -0.39 is 0 Å². The number of carbonyl (C=O) groups is 1. The van der Waals surface area contributed by atoms with Crippen LogP contribution in [0.5, 0.6) is 0 Å². The lowest BCUT2D eigenvalue weighted by atomic mass is 10.1. The number of halogens is 1. The van der Waals surface area contributed by atoms with Gasteiger partial charge < -0.3 is 15.5 Å². The highest BCUT2D eigenvalue weighted by Gasteiger charge is 2.16. The first-order valence-corrected chi connectivity index (χ1v) is 10.3. The number of nitrogens with one attached hydrogen (secondary N) is 2. The Kier molecular flexibility index (Phi) is 10.0. The Balaban J connectivity index is 0.00000280. The van der Waals surface area contributed by atoms with Crippen molar-refractivity contribution in [1.29, 1.82) is 0 Å². The summed E-state index contributed by atoms with van der Waals surface area (Å²) in [5.74, 6) is 0.824. The van der Waals surface area contributed by atoms with Crippen molar-refractivity contribution in [3.63, 3.8) is 0 Å². The summed E-state index contributed by atoms with van der Waals surface area (Å²) in [5, 5.41) is 6.43. The van der Waals surface area contributed by atoms with E-state index in [1.165, 1.54) is 43.5 Å². The molecule has 6 nitrogen and oxygen atoms in total. The second-order valence-corrected chi connectivity index (χ2v) is 7.52. The van der Waals surface area contributed by atoms with Gasteiger partial charge in [0.1, 0.15) is 0 Å². The van der Waals surface area contributed by atoms with Gasteiger partial charge in [-0.2, -0.15) is 0 Å². The highest BCUT2D eigenvalue weighted by molar-refractivity contribution is 14.0. The fraction of sp³-hybridized carbons (Fsp3) is 0.619. The standard InChI is InChI=1S/C21H33N5O.HI/c1-22-21(24-16-20(27)26-13-3-2-4-14-26)23-15-18-7-9-19(10-8-18)17-25-11-5-6-12-25;/h7-10H,2-6,11-17H2,1H3,(H2,22,23,24);1H. The molecule has 28 heavy (non-hydrogen) atoms. The van der Waals surface area contributed by atoms with Crippen molar-refractivity contribution >= 4 is 35.8 Å². The number of likely N-dealkylation sites (tertiary alicyclic amines) is 2. The lowest BCUT2D eigenvalue weighted by molar-refractivity contribution is -0.130. The zero-order chi connectivity index (χ0) is 18.9. The molecule has 0 saturated carbocycles. The molecule has 1 aromatic carbocycles. The predicted molar refractivity (Wildman–Crippen MR) is 125 cm³/mol. The third-order valence-corrected chi connectivity index (χ3v) is 5.43. The Bertz CT molecular complexity index is 622. The van der Waals surface area contributed by atoms with E-state index in [-0.39, 0.29) is 29.9 Å². The number of carbonyl (C=O) groups excluding carboxylic acids is 1. The van der Waals surface area contributed by atoms with Gasteiger partial charge in [0.05, 0.1) is 6.54 Å². The van der Waals surface area contributed by atoms with Crippen LogP contribution in [0.2, 0.25) is 0 Å². The van der Waals surface area contributed by atoms with Crippen molar-refractivity contribution in [3.8, 4) is 0 Å². The van der Waals surface area contributed by atoms with Crippen molar-refractivity contribution in [2.75, 3.05) is 39.8 Å². The summed E-state index contributed by atoms with van der Waals surface area (Å²) in [6.45, 7) is 6.26. The van der Waals surface area contributed by atoms with E-state index in [4.69, 9.17) is 0 Å². The minimum Gasteiger partial charge on any atom is -0.352 e. The third-order valence-electron chi connectivity index (χ3n) is 5.43. The third kappa shape index (κ3) is 7.24. The van der Waals surface area contributed by atoms with E-state index in [1.807, 2.05) is 4.90 Å². The molecule has 1 aromatic rings. The van der Waals surface area contributed by atoms with E-state index in [2.05, 4.69) is 44.8 Å². The molecule has 3 rings (SSSR count). The van der Waals surface area contributed by atoms with Gasteiger partial charge in [-0.05, 0) is 56.3 Å². The lowest BCUT2D eigenvalue weighted by Crippen LogP contribution is -2.45. The molecular formula is C21H34IN5O. The van der Waals surface area contributed by atoms with Gasteiger partial charge in [0.15, 0.2) is 5.96 Å². The molecule has 0 unspecified atom stereocenters. The van der Waals surface area contributed by atoms with Crippen molar-refractivity contribution in [2.45, 2.75) is 45.2 Å². The topological polar surface area (TPSA) is 60.0 Å². The van der Waals surface area contributed by atoms with Crippen LogP contribution >= 0.6 is 24.0 Å². The van der Waals surface area contributed by atoms with Gasteiger partial charge in [-0.1, -0.05) is 24.3 Å². The van der Waals surface area contributed by atoms with Gasteiger partial charge in [-0.3, -0.25) is 14.7 Å². The molecule has 0 spiro atoms. The molecule has 0 aliphatic carbocycles. The van der Waals surface area contributed by atoms with Crippen LogP contribution in [-0.4, -0.2) is 61.4 Å². The van der Waals surface area contributed by atoms with Crippen LogP contribution in [0.1, 0.15) is 43.2 Å². The summed E-state index contributed by atoms with van der Waals surface area (Å²) < 4.78 is 0. The Morgan fingerprint density at radius 1 is 0.929 bits per heavy atom. The Hall–Kier alpha value is -1.35. The van der Waals surface area contributed by atoms with Gasteiger partial charge >= 0.3 is 0 Å². The minimum absolute atomic E-state index is 0. The van der Waals surface area contributed by atoms with E-state index in [1.54, 1.807) is 7.05 Å². The molecule has 2 heterocycles. The molecule has 2 aliphatic heterocycles. The number of benzene rings is 1. The van der Waals surface area contributed by atoms with Crippen molar-refractivity contribution in [2.24, 2.45) is 4.99 Å². The van der Waals surface area contributed by atoms with Crippen LogP contribution in [0, 0.1) is 0 Å². The Labute approximate surface area is 186 Å². The summed E-state index contributed by atoms with van der Waals surface area (Å²) in [4.78, 5) is 20.9. The molecule has 2 fully saturated rings. The molecule has 2 aliphatic rings. The first kappa shape index (κ1) is 22.9. The summed E-state index contributed by atoms with van der Waals surface area (Å²) >= 11 is 0. The molecule has 156 valence electrons. The highest BCUT2D eigenvalue weighted by atomic mass is 127. The number of rotatable bonds is 6. The summed E-state index contributed by atoms with van der Waals surface area (Å²) in [7, 11) is 1.74. The van der Waals surface area contributed by atoms with Crippen LogP contribution in [0.4, 0.5) is 0 Å². The van der Waals surface area contributed by atoms with Crippen LogP contribution in [0.25, 0.3) is 0 Å². The molecule has 2 saturated heterocycles. The van der Waals surface area contributed by atoms with Crippen LogP contribution < -0.4 is 10.6 Å². The van der Waals surface area contributed by atoms with E-state index in [9.17, 15) is 4.79 Å². The predicted octanol–water partition coefficient (Wildman–Crippen LogP) is 2.58. The molecule has 1 amide bonds. The average Bonchev–Trinajstić information content (AvgIpc) is 3.23. The van der Waals surface area contributed by atoms with Gasteiger partial charge in [-0.25, -0.2) is 0 Å². The molecule has 0 bridgehead atoms. The second-order valence-electron chi connectivity index (χ2n) is 7.52. The second kappa shape index (κ2) is 12.3. The lowest BCUT2D eigenvalue weighted by Gasteiger charge is -2.27. The van der Waals surface area contributed by atoms with E-state index in [0.717, 1.165) is 32.5 Å². The fourth-order valence-corrected chi connectivity index (χ4v) is 3.78. The molecule has 0 atom stereocenters. The maximum atomic E-state index is 12.2. The Morgan fingerprint density at radius 2 is 1.54 bits per heavy atom. The number of aliphatic imine (C=N–C) groups is 1. The quantitative estimate of drug-likeness (QED) is 0.359. The van der Waals surface area contributed by atoms with E-state index >= 15 is 0 Å². The zero-order valence-corrected chi connectivity index (χ0v) is 19.3. The molecular weight excluding hydrogens is 465 g/mol. The normalized spacial score (nSPS) is 17.9. The van der Waals surface area contributed by atoms with Crippen LogP contribution in [0.3, 0.4) is 0 Å². The first-order valence-electron chi connectivity index (χ1n) is 10.3. The molecule has 2 N–H and O–H groups in total. The maximum Gasteiger partial charge on any atom is 0.241 e. The number of hydrogen-bond donors (Lipinski definition) is 2. The monoisotopic (exact) mass is 499 g/mol.